The van der Waals surface area contributed by atoms with Crippen molar-refractivity contribution in [3.05, 3.63) is 38.8 Å². The smallest absolute Gasteiger partial charge is 0.254 e. The van der Waals surface area contributed by atoms with E-state index >= 15 is 0 Å². The van der Waals surface area contributed by atoms with Gasteiger partial charge in [0.25, 0.3) is 11.8 Å². The minimum Gasteiger partial charge on any atom is -0.494 e. The van der Waals surface area contributed by atoms with Crippen LogP contribution in [0, 0.1) is 23.7 Å². The van der Waals surface area contributed by atoms with Crippen LogP contribution in [0.15, 0.2) is 38.3 Å². The first-order chi connectivity index (χ1) is 11.5. The van der Waals surface area contributed by atoms with Gasteiger partial charge in [0.2, 0.25) is 0 Å². The number of rotatable bonds is 3. The summed E-state index contributed by atoms with van der Waals surface area (Å²) in [6, 6.07) is 3.65. The first-order valence-electron chi connectivity index (χ1n) is 7.64. The molecular weight excluding hydrogens is 440 g/mol. The lowest BCUT2D eigenvalue weighted by atomic mass is 9.85. The molecule has 24 heavy (non-hydrogen) atoms. The molecule has 0 N–H and O–H groups in total. The van der Waals surface area contributed by atoms with E-state index in [1.165, 1.54) is 6.21 Å². The van der Waals surface area contributed by atoms with Crippen molar-refractivity contribution in [2.45, 2.75) is 6.42 Å². The summed E-state index contributed by atoms with van der Waals surface area (Å²) in [7, 11) is 1.58. The Balaban J connectivity index is 1.59. The number of hydrazone groups is 1. The van der Waals surface area contributed by atoms with Crippen molar-refractivity contribution in [1.29, 1.82) is 0 Å². The molecule has 5 nitrogen and oxygen atoms in total. The molecule has 2 fully saturated rings. The van der Waals surface area contributed by atoms with Crippen molar-refractivity contribution in [2.24, 2.45) is 28.8 Å². The van der Waals surface area contributed by atoms with Crippen LogP contribution in [0.4, 0.5) is 0 Å². The molecule has 0 spiro atoms. The summed E-state index contributed by atoms with van der Waals surface area (Å²) in [5, 5.41) is 5.22. The highest BCUT2D eigenvalue weighted by Gasteiger charge is 2.59. The Morgan fingerprint density at radius 3 is 2.17 bits per heavy atom. The molecule has 2 bridgehead atoms. The molecule has 1 saturated heterocycles. The van der Waals surface area contributed by atoms with E-state index in [1.54, 1.807) is 7.11 Å². The monoisotopic (exact) mass is 452 g/mol. The van der Waals surface area contributed by atoms with Crippen molar-refractivity contribution in [3.63, 3.8) is 0 Å². The third-order valence-corrected chi connectivity index (χ3v) is 6.17. The number of benzene rings is 1. The maximum absolute atomic E-state index is 12.6. The highest BCUT2D eigenvalue weighted by atomic mass is 79.9. The minimum atomic E-state index is -0.223. The van der Waals surface area contributed by atoms with E-state index in [1.807, 2.05) is 12.1 Å². The van der Waals surface area contributed by atoms with Gasteiger partial charge in [-0.2, -0.15) is 10.1 Å². The number of ether oxygens (including phenoxy) is 1. The second-order valence-corrected chi connectivity index (χ2v) is 7.96. The molecule has 0 aromatic heterocycles. The molecule has 3 aliphatic rings. The molecule has 1 saturated carbocycles. The second kappa shape index (κ2) is 5.81. The predicted octanol–water partition coefficient (Wildman–Crippen LogP) is 3.36. The zero-order valence-electron chi connectivity index (χ0n) is 12.8. The lowest BCUT2D eigenvalue weighted by Crippen LogP contribution is -2.28. The van der Waals surface area contributed by atoms with Crippen LogP contribution < -0.4 is 4.74 Å². The summed E-state index contributed by atoms with van der Waals surface area (Å²) >= 11 is 6.85. The molecule has 4 atom stereocenters. The average molecular weight is 454 g/mol. The van der Waals surface area contributed by atoms with Gasteiger partial charge in [-0.1, -0.05) is 12.2 Å². The van der Waals surface area contributed by atoms with Gasteiger partial charge in [0.05, 0.1) is 34.1 Å². The number of methoxy groups -OCH3 is 1. The summed E-state index contributed by atoms with van der Waals surface area (Å²) in [5.41, 5.74) is 0.758. The number of nitrogens with zero attached hydrogens (tertiary/aromatic N) is 2. The van der Waals surface area contributed by atoms with E-state index in [0.717, 1.165) is 25.9 Å². The number of hydrogen-bond acceptors (Lipinski definition) is 4. The number of carbonyl (C=O) groups is 2. The van der Waals surface area contributed by atoms with E-state index < -0.39 is 0 Å². The standard InChI is InChI=1S/C17H14Br2N2O3/c1-24-15-11(18)4-8(5-12(15)19)7-20-21-16(22)13-9-2-3-10(6-9)14(13)17(21)23/h2-5,7,9-10,13-14H,6H2,1H3/t9-,10-,13-,14+/m0/s1. The summed E-state index contributed by atoms with van der Waals surface area (Å²) in [4.78, 5) is 25.1. The lowest BCUT2D eigenvalue weighted by molar-refractivity contribution is -0.140. The lowest BCUT2D eigenvalue weighted by Gasteiger charge is -2.13. The Kier molecular flexibility index (Phi) is 3.88. The summed E-state index contributed by atoms with van der Waals surface area (Å²) in [5.74, 6) is 0.270. The summed E-state index contributed by atoms with van der Waals surface area (Å²) in [6.45, 7) is 0. The number of imide groups is 1. The Morgan fingerprint density at radius 1 is 1.12 bits per heavy atom. The first kappa shape index (κ1) is 16.0. The Morgan fingerprint density at radius 2 is 1.67 bits per heavy atom. The van der Waals surface area contributed by atoms with Crippen molar-refractivity contribution in [1.82, 2.24) is 5.01 Å². The Hall–Kier alpha value is -1.47. The zero-order chi connectivity index (χ0) is 17.0. The highest BCUT2D eigenvalue weighted by molar-refractivity contribution is 9.11. The summed E-state index contributed by atoms with van der Waals surface area (Å²) in [6.07, 6.45) is 6.59. The van der Waals surface area contributed by atoms with Gasteiger partial charge in [-0.25, -0.2) is 0 Å². The molecule has 1 aromatic carbocycles. The fourth-order valence-corrected chi connectivity index (χ4v) is 5.52. The maximum Gasteiger partial charge on any atom is 0.254 e. The van der Waals surface area contributed by atoms with Crippen molar-refractivity contribution >= 4 is 49.9 Å². The van der Waals surface area contributed by atoms with Crippen LogP contribution in [0.25, 0.3) is 0 Å². The van der Waals surface area contributed by atoms with Crippen LogP contribution in [0.3, 0.4) is 0 Å². The third kappa shape index (κ3) is 2.29. The predicted molar refractivity (Wildman–Crippen MR) is 95.6 cm³/mol. The van der Waals surface area contributed by atoms with Crippen LogP contribution in [0.5, 0.6) is 5.75 Å². The van der Waals surface area contributed by atoms with Gasteiger partial charge >= 0.3 is 0 Å². The van der Waals surface area contributed by atoms with Gasteiger partial charge in [0, 0.05) is 0 Å². The molecule has 4 rings (SSSR count). The Labute approximate surface area is 156 Å². The SMILES string of the molecule is COc1c(Br)cc(C=NN2C(=O)[C@@H]3[C@H](C2=O)[C@H]2C=C[C@H]3C2)cc1Br. The van der Waals surface area contributed by atoms with Crippen molar-refractivity contribution in [2.75, 3.05) is 7.11 Å². The number of carbonyl (C=O) groups excluding carboxylic acids is 2. The number of fused-ring (bicyclic) bond motifs is 5. The average Bonchev–Trinajstić information content (AvgIpc) is 3.20. The zero-order valence-corrected chi connectivity index (χ0v) is 16.0. The van der Waals surface area contributed by atoms with Gasteiger partial charge in [-0.05, 0) is 67.8 Å². The molecule has 0 unspecified atom stereocenters. The minimum absolute atomic E-state index is 0.176. The van der Waals surface area contributed by atoms with Gasteiger partial charge in [0.15, 0.2) is 0 Å². The molecule has 7 heteroatoms. The van der Waals surface area contributed by atoms with E-state index in [4.69, 9.17) is 4.74 Å². The van der Waals surface area contributed by atoms with E-state index in [-0.39, 0.29) is 35.5 Å². The van der Waals surface area contributed by atoms with Crippen LogP contribution in [0.2, 0.25) is 0 Å². The van der Waals surface area contributed by atoms with Crippen molar-refractivity contribution in [3.8, 4) is 5.75 Å². The van der Waals surface area contributed by atoms with Crippen LogP contribution >= 0.6 is 31.9 Å². The fourth-order valence-electron chi connectivity index (χ4n) is 3.97. The van der Waals surface area contributed by atoms with Crippen LogP contribution in [0.1, 0.15) is 12.0 Å². The highest BCUT2D eigenvalue weighted by Crippen LogP contribution is 2.52. The molecule has 2 amide bonds. The molecule has 1 aliphatic heterocycles. The number of allylic oxidation sites excluding steroid dienone is 2. The topological polar surface area (TPSA) is 59.0 Å². The molecule has 124 valence electrons. The van der Waals surface area contributed by atoms with Gasteiger partial charge in [0.1, 0.15) is 5.75 Å². The second-order valence-electron chi connectivity index (χ2n) is 6.25. The normalized spacial score (nSPS) is 30.7. The quantitative estimate of drug-likeness (QED) is 0.400. The fraction of sp³-hybridized carbons (Fsp3) is 0.353. The molecule has 2 aliphatic carbocycles. The van der Waals surface area contributed by atoms with Gasteiger partial charge in [-0.3, -0.25) is 9.59 Å². The number of halogens is 2. The Bertz CT molecular complexity index is 752. The molecule has 1 heterocycles. The van der Waals surface area contributed by atoms with Crippen LogP contribution in [-0.4, -0.2) is 30.1 Å². The van der Waals surface area contributed by atoms with E-state index in [2.05, 4.69) is 49.1 Å². The van der Waals surface area contributed by atoms with E-state index in [0.29, 0.717) is 5.75 Å². The third-order valence-electron chi connectivity index (χ3n) is 4.99. The van der Waals surface area contributed by atoms with E-state index in [9.17, 15) is 9.59 Å². The van der Waals surface area contributed by atoms with Crippen molar-refractivity contribution < 1.29 is 14.3 Å². The van der Waals surface area contributed by atoms with Gasteiger partial charge in [-0.15, -0.1) is 0 Å². The molecular formula is C17H14Br2N2O3. The van der Waals surface area contributed by atoms with Gasteiger partial charge < -0.3 is 4.74 Å². The summed E-state index contributed by atoms with van der Waals surface area (Å²) < 4.78 is 6.79. The first-order valence-corrected chi connectivity index (χ1v) is 9.23. The number of hydrogen-bond donors (Lipinski definition) is 0. The maximum atomic E-state index is 12.6. The van der Waals surface area contributed by atoms with Crippen LogP contribution in [-0.2, 0) is 9.59 Å². The number of amides is 2. The largest absolute Gasteiger partial charge is 0.494 e. The molecule has 0 radical (unpaired) electrons. The molecule has 1 aromatic rings.